The molecule has 224 valence electrons. The second-order valence-corrected chi connectivity index (χ2v) is 11.3. The van der Waals surface area contributed by atoms with Crippen LogP contribution in [0.5, 0.6) is 0 Å². The molecule has 1 aliphatic carbocycles. The van der Waals surface area contributed by atoms with Crippen molar-refractivity contribution >= 4 is 22.6 Å². The lowest BCUT2D eigenvalue weighted by molar-refractivity contribution is -0.141. The highest BCUT2D eigenvalue weighted by Gasteiger charge is 2.45. The van der Waals surface area contributed by atoms with E-state index >= 15 is 0 Å². The molecular weight excluding hydrogens is 559 g/mol. The molecular formula is C32H32F3N5O3. The topological polar surface area (TPSA) is 91.4 Å². The van der Waals surface area contributed by atoms with Crippen LogP contribution >= 0.6 is 0 Å². The Morgan fingerprint density at radius 1 is 1.14 bits per heavy atom. The SMILES string of the molecule is CO[C@@]1(C(=O)Cc2ccc3[nH]nc(-c4ccnc(C(F)(F)F)c4)c3c2)CCN(CC(=O)N2CC=C(C3=CCC=C3)CC2)C1. The van der Waals surface area contributed by atoms with E-state index in [-0.39, 0.29) is 30.2 Å². The number of Topliss-reactive ketones (excluding diaryl/α,β-unsaturated/α-hetero) is 1. The maximum Gasteiger partial charge on any atom is 0.433 e. The minimum Gasteiger partial charge on any atom is -0.369 e. The second-order valence-electron chi connectivity index (χ2n) is 11.3. The van der Waals surface area contributed by atoms with E-state index in [9.17, 15) is 22.8 Å². The molecule has 11 heteroatoms. The Hall–Kier alpha value is -4.09. The molecule has 1 saturated heterocycles. The summed E-state index contributed by atoms with van der Waals surface area (Å²) in [6.45, 7) is 2.36. The zero-order chi connectivity index (χ0) is 30.2. The van der Waals surface area contributed by atoms with Crippen molar-refractivity contribution in [2.75, 3.05) is 39.8 Å². The van der Waals surface area contributed by atoms with E-state index in [1.807, 2.05) is 9.80 Å². The van der Waals surface area contributed by atoms with Crippen molar-refractivity contribution in [1.29, 1.82) is 0 Å². The number of carbonyl (C=O) groups excluding carboxylic acids is 2. The molecule has 0 spiro atoms. The molecule has 43 heavy (non-hydrogen) atoms. The Bertz CT molecular complexity index is 1660. The quantitative estimate of drug-likeness (QED) is 0.401. The second kappa shape index (κ2) is 11.5. The highest BCUT2D eigenvalue weighted by Crippen LogP contribution is 2.34. The Kier molecular flexibility index (Phi) is 7.78. The fourth-order valence-electron chi connectivity index (χ4n) is 6.12. The number of ether oxygens (including phenoxy) is 1. The number of allylic oxidation sites excluding steroid dienone is 4. The van der Waals surface area contributed by atoms with E-state index in [2.05, 4.69) is 39.5 Å². The molecule has 1 aromatic carbocycles. The number of carbonyl (C=O) groups is 2. The van der Waals surface area contributed by atoms with E-state index in [1.54, 1.807) is 18.2 Å². The number of ketones is 1. The van der Waals surface area contributed by atoms with Crippen LogP contribution in [0.1, 0.15) is 30.5 Å². The zero-order valence-corrected chi connectivity index (χ0v) is 23.8. The fraction of sp³-hybridized carbons (Fsp3) is 0.375. The maximum absolute atomic E-state index is 13.6. The molecule has 4 heterocycles. The third kappa shape index (κ3) is 5.92. The number of fused-ring (bicyclic) bond motifs is 1. The molecule has 1 atom stereocenters. The summed E-state index contributed by atoms with van der Waals surface area (Å²) >= 11 is 0. The number of nitrogens with one attached hydrogen (secondary N) is 1. The molecule has 0 bridgehead atoms. The third-order valence-electron chi connectivity index (χ3n) is 8.59. The molecule has 1 N–H and O–H groups in total. The Balaban J connectivity index is 1.12. The first kappa shape index (κ1) is 29.0. The number of hydrogen-bond donors (Lipinski definition) is 1. The van der Waals surface area contributed by atoms with Gasteiger partial charge in [0.25, 0.3) is 0 Å². The number of aromatic amines is 1. The van der Waals surface area contributed by atoms with Crippen LogP contribution in [0.25, 0.3) is 22.2 Å². The van der Waals surface area contributed by atoms with Crippen molar-refractivity contribution in [3.05, 3.63) is 83.2 Å². The number of aromatic nitrogens is 3. The molecule has 8 nitrogen and oxygen atoms in total. The maximum atomic E-state index is 13.6. The Morgan fingerprint density at radius 3 is 2.72 bits per heavy atom. The van der Waals surface area contributed by atoms with Crippen LogP contribution in [0.15, 0.2) is 72.0 Å². The van der Waals surface area contributed by atoms with Crippen molar-refractivity contribution in [3.63, 3.8) is 0 Å². The summed E-state index contributed by atoms with van der Waals surface area (Å²) in [5.74, 6) is -0.0746. The predicted octanol–water partition coefficient (Wildman–Crippen LogP) is 4.89. The van der Waals surface area contributed by atoms with Gasteiger partial charge in [-0.1, -0.05) is 30.4 Å². The largest absolute Gasteiger partial charge is 0.433 e. The summed E-state index contributed by atoms with van der Waals surface area (Å²) in [6.07, 6.45) is 7.46. The van der Waals surface area contributed by atoms with Crippen LogP contribution in [0, 0.1) is 0 Å². The van der Waals surface area contributed by atoms with Crippen molar-refractivity contribution in [2.24, 2.45) is 0 Å². The molecule has 1 amide bonds. The molecule has 6 rings (SSSR count). The van der Waals surface area contributed by atoms with Gasteiger partial charge in [-0.25, -0.2) is 0 Å². The summed E-state index contributed by atoms with van der Waals surface area (Å²) < 4.78 is 45.5. The molecule has 3 aliphatic rings. The summed E-state index contributed by atoms with van der Waals surface area (Å²) in [7, 11) is 1.52. The first-order valence-electron chi connectivity index (χ1n) is 14.3. The molecule has 0 saturated carbocycles. The van der Waals surface area contributed by atoms with E-state index in [0.717, 1.165) is 25.1 Å². The van der Waals surface area contributed by atoms with E-state index in [1.165, 1.54) is 24.3 Å². The number of benzene rings is 1. The molecule has 3 aromatic rings. The number of halogens is 3. The van der Waals surface area contributed by atoms with Gasteiger partial charge in [-0.2, -0.15) is 18.3 Å². The van der Waals surface area contributed by atoms with Gasteiger partial charge in [-0.15, -0.1) is 0 Å². The minimum absolute atomic E-state index is 0.0355. The van der Waals surface area contributed by atoms with E-state index in [0.29, 0.717) is 54.8 Å². The normalized spacial score (nSPS) is 21.0. The van der Waals surface area contributed by atoms with Gasteiger partial charge < -0.3 is 9.64 Å². The lowest BCUT2D eigenvalue weighted by Gasteiger charge is -2.30. The first-order chi connectivity index (χ1) is 20.6. The first-order valence-corrected chi connectivity index (χ1v) is 14.3. The van der Waals surface area contributed by atoms with Crippen molar-refractivity contribution < 1.29 is 27.5 Å². The summed E-state index contributed by atoms with van der Waals surface area (Å²) in [4.78, 5) is 34.0. The molecule has 2 aliphatic heterocycles. The Labute approximate surface area is 246 Å². The number of hydrogen-bond acceptors (Lipinski definition) is 6. The van der Waals surface area contributed by atoms with Gasteiger partial charge in [0.2, 0.25) is 5.91 Å². The number of nitrogens with zero attached hydrogens (tertiary/aromatic N) is 4. The van der Waals surface area contributed by atoms with Gasteiger partial charge in [0.1, 0.15) is 17.0 Å². The van der Waals surface area contributed by atoms with Gasteiger partial charge in [0.05, 0.1) is 12.1 Å². The number of pyridine rings is 1. The molecule has 1 fully saturated rings. The van der Waals surface area contributed by atoms with Crippen LogP contribution in [0.3, 0.4) is 0 Å². The number of alkyl halides is 3. The zero-order valence-electron chi connectivity index (χ0n) is 23.8. The summed E-state index contributed by atoms with van der Waals surface area (Å²) in [5.41, 5.74) is 2.45. The molecule has 2 aromatic heterocycles. The van der Waals surface area contributed by atoms with Crippen LogP contribution in [0.2, 0.25) is 0 Å². The highest BCUT2D eigenvalue weighted by molar-refractivity contribution is 5.95. The number of likely N-dealkylation sites (tertiary alicyclic amines) is 1. The van der Waals surface area contributed by atoms with Crippen molar-refractivity contribution in [2.45, 2.75) is 37.5 Å². The van der Waals surface area contributed by atoms with Crippen LogP contribution in [-0.2, 0) is 26.9 Å². The van der Waals surface area contributed by atoms with Gasteiger partial charge >= 0.3 is 6.18 Å². The van der Waals surface area contributed by atoms with Crippen LogP contribution in [0.4, 0.5) is 13.2 Å². The number of amides is 1. The van der Waals surface area contributed by atoms with Gasteiger partial charge in [-0.3, -0.25) is 24.6 Å². The van der Waals surface area contributed by atoms with E-state index in [4.69, 9.17) is 4.74 Å². The number of H-pyrrole nitrogens is 1. The van der Waals surface area contributed by atoms with E-state index < -0.39 is 17.5 Å². The average molecular weight is 592 g/mol. The van der Waals surface area contributed by atoms with Crippen LogP contribution < -0.4 is 0 Å². The predicted molar refractivity (Wildman–Crippen MR) is 155 cm³/mol. The Morgan fingerprint density at radius 2 is 2.00 bits per heavy atom. The average Bonchev–Trinajstić information content (AvgIpc) is 3.77. The minimum atomic E-state index is -4.58. The number of methoxy groups -OCH3 is 1. The van der Waals surface area contributed by atoms with Gasteiger partial charge in [-0.05, 0) is 60.2 Å². The smallest absolute Gasteiger partial charge is 0.369 e. The highest BCUT2D eigenvalue weighted by atomic mass is 19.4. The fourth-order valence-corrected chi connectivity index (χ4v) is 6.12. The van der Waals surface area contributed by atoms with Gasteiger partial charge in [0.15, 0.2) is 5.78 Å². The van der Waals surface area contributed by atoms with Crippen molar-refractivity contribution in [1.82, 2.24) is 25.0 Å². The standard InChI is InChI=1S/C32H32F3N5O3/c1-43-31(11-15-39(20-31)19-29(42)40-13-9-23(10-14-40)22-4-2-3-5-22)28(41)17-21-6-7-26-25(16-21)30(38-37-26)24-8-12-36-27(18-24)32(33,34)35/h2,4-9,12,16,18H,3,10-11,13-15,17,19-20H2,1H3,(H,37,38)/t31-/m0/s1. The molecule has 0 unspecified atom stereocenters. The summed E-state index contributed by atoms with van der Waals surface area (Å²) in [5, 5.41) is 7.69. The monoisotopic (exact) mass is 591 g/mol. The number of rotatable bonds is 8. The third-order valence-corrected chi connectivity index (χ3v) is 8.59. The van der Waals surface area contributed by atoms with Crippen molar-refractivity contribution in [3.8, 4) is 11.3 Å². The summed E-state index contributed by atoms with van der Waals surface area (Å²) in [6, 6.07) is 7.77. The van der Waals surface area contributed by atoms with Gasteiger partial charge in [0, 0.05) is 56.9 Å². The lowest BCUT2D eigenvalue weighted by Crippen LogP contribution is -2.46. The van der Waals surface area contributed by atoms with Crippen LogP contribution in [-0.4, -0.2) is 82.1 Å². The lowest BCUT2D eigenvalue weighted by atomic mass is 9.91. The molecule has 0 radical (unpaired) electrons.